The lowest BCUT2D eigenvalue weighted by Crippen LogP contribution is -2.02. The molecule has 3 heteroatoms. The predicted octanol–water partition coefficient (Wildman–Crippen LogP) is 2.95. The van der Waals surface area contributed by atoms with Gasteiger partial charge in [0.1, 0.15) is 12.4 Å². The van der Waals surface area contributed by atoms with Crippen molar-refractivity contribution in [2.75, 3.05) is 0 Å². The van der Waals surface area contributed by atoms with Gasteiger partial charge in [-0.2, -0.15) is 0 Å². The van der Waals surface area contributed by atoms with Gasteiger partial charge < -0.3 is 9.84 Å². The Morgan fingerprint density at radius 3 is 3.05 bits per heavy atom. The molecule has 1 aliphatic rings. The number of fused-ring (bicyclic) bond motifs is 1. The van der Waals surface area contributed by atoms with Gasteiger partial charge in [0.25, 0.3) is 0 Å². The van der Waals surface area contributed by atoms with Crippen molar-refractivity contribution in [3.05, 3.63) is 58.9 Å². The maximum absolute atomic E-state index is 9.87. The highest BCUT2D eigenvalue weighted by Gasteiger charge is 2.23. The number of benzene rings is 1. The summed E-state index contributed by atoms with van der Waals surface area (Å²) < 4.78 is 5.89. The van der Waals surface area contributed by atoms with Crippen LogP contribution in [-0.4, -0.2) is 10.1 Å². The number of aliphatic hydroxyl groups excluding tert-OH is 1. The van der Waals surface area contributed by atoms with Crippen LogP contribution in [0.15, 0.2) is 36.5 Å². The first-order valence-electron chi connectivity index (χ1n) is 6.59. The monoisotopic (exact) mass is 255 g/mol. The second-order valence-corrected chi connectivity index (χ2v) is 4.93. The van der Waals surface area contributed by atoms with E-state index in [1.807, 2.05) is 37.3 Å². The normalized spacial score (nSPS) is 17.3. The van der Waals surface area contributed by atoms with Gasteiger partial charge >= 0.3 is 0 Å². The van der Waals surface area contributed by atoms with Crippen molar-refractivity contribution < 1.29 is 9.84 Å². The Morgan fingerprint density at radius 2 is 2.21 bits per heavy atom. The Kier molecular flexibility index (Phi) is 3.22. The van der Waals surface area contributed by atoms with E-state index in [0.717, 1.165) is 41.0 Å². The summed E-state index contributed by atoms with van der Waals surface area (Å²) in [6.07, 6.45) is 3.12. The lowest BCUT2D eigenvalue weighted by molar-refractivity contribution is 0.180. The van der Waals surface area contributed by atoms with Gasteiger partial charge in [0, 0.05) is 11.8 Å². The highest BCUT2D eigenvalue weighted by molar-refractivity contribution is 5.44. The number of aryl methyl sites for hydroxylation is 1. The van der Waals surface area contributed by atoms with Crippen LogP contribution in [0, 0.1) is 6.92 Å². The third-order valence-corrected chi connectivity index (χ3v) is 3.68. The van der Waals surface area contributed by atoms with E-state index >= 15 is 0 Å². The predicted molar refractivity (Wildman–Crippen MR) is 73.0 cm³/mol. The van der Waals surface area contributed by atoms with E-state index in [1.54, 1.807) is 6.20 Å². The van der Waals surface area contributed by atoms with Crippen LogP contribution in [0.1, 0.15) is 34.9 Å². The van der Waals surface area contributed by atoms with Crippen molar-refractivity contribution in [1.82, 2.24) is 4.98 Å². The van der Waals surface area contributed by atoms with E-state index in [1.165, 1.54) is 0 Å². The van der Waals surface area contributed by atoms with E-state index in [2.05, 4.69) is 4.98 Å². The summed E-state index contributed by atoms with van der Waals surface area (Å²) in [5.74, 6) is 0.874. The summed E-state index contributed by atoms with van der Waals surface area (Å²) in [6, 6.07) is 9.84. The molecule has 1 unspecified atom stereocenters. The number of rotatable bonds is 3. The number of ether oxygens (including phenoxy) is 1. The minimum absolute atomic E-state index is 0.338. The maximum atomic E-state index is 9.87. The minimum Gasteiger partial charge on any atom is -0.487 e. The van der Waals surface area contributed by atoms with Crippen LogP contribution in [0.2, 0.25) is 0 Å². The van der Waals surface area contributed by atoms with Gasteiger partial charge in [0.2, 0.25) is 0 Å². The highest BCUT2D eigenvalue weighted by atomic mass is 16.5. The summed E-state index contributed by atoms with van der Waals surface area (Å²) in [5, 5.41) is 9.87. The van der Waals surface area contributed by atoms with Gasteiger partial charge in [-0.15, -0.1) is 0 Å². The number of hydrogen-bond acceptors (Lipinski definition) is 3. The zero-order valence-corrected chi connectivity index (χ0v) is 11.0. The second kappa shape index (κ2) is 5.02. The number of pyridine rings is 1. The Labute approximate surface area is 112 Å². The molecule has 1 N–H and O–H groups in total. The Hall–Kier alpha value is -1.87. The van der Waals surface area contributed by atoms with Crippen LogP contribution in [-0.2, 0) is 13.0 Å². The molecule has 0 fully saturated rings. The molecule has 0 amide bonds. The van der Waals surface area contributed by atoms with E-state index in [9.17, 15) is 5.11 Å². The summed E-state index contributed by atoms with van der Waals surface area (Å²) in [5.41, 5.74) is 4.24. The molecule has 19 heavy (non-hydrogen) atoms. The second-order valence-electron chi connectivity index (χ2n) is 4.93. The molecule has 0 saturated heterocycles. The standard InChI is InChI=1S/C16H17NO2/c1-11-4-3-9-17-14(11)10-19-16-6-2-5-12-13(16)7-8-15(12)18/h2-6,9,15,18H,7-8,10H2,1H3. The molecule has 0 saturated carbocycles. The van der Waals surface area contributed by atoms with Gasteiger partial charge in [0.15, 0.2) is 0 Å². The SMILES string of the molecule is Cc1cccnc1COc1cccc2c1CCC2O. The number of aliphatic hydroxyl groups is 1. The molecular weight excluding hydrogens is 238 g/mol. The molecule has 1 aromatic carbocycles. The average molecular weight is 255 g/mol. The first-order chi connectivity index (χ1) is 9.25. The third kappa shape index (κ3) is 2.34. The first-order valence-corrected chi connectivity index (χ1v) is 6.59. The van der Waals surface area contributed by atoms with Crippen LogP contribution >= 0.6 is 0 Å². The fourth-order valence-electron chi connectivity index (χ4n) is 2.55. The molecular formula is C16H17NO2. The molecule has 0 spiro atoms. The summed E-state index contributed by atoms with van der Waals surface area (Å²) in [4.78, 5) is 4.33. The number of aromatic nitrogens is 1. The average Bonchev–Trinajstić information content (AvgIpc) is 2.81. The van der Waals surface area contributed by atoms with E-state index in [-0.39, 0.29) is 6.10 Å². The molecule has 0 bridgehead atoms. The topological polar surface area (TPSA) is 42.4 Å². The Balaban J connectivity index is 1.80. The minimum atomic E-state index is -0.338. The molecule has 2 aromatic rings. The first kappa shape index (κ1) is 12.2. The van der Waals surface area contributed by atoms with Crippen LogP contribution in [0.4, 0.5) is 0 Å². The van der Waals surface area contributed by atoms with E-state index in [4.69, 9.17) is 4.74 Å². The van der Waals surface area contributed by atoms with Crippen LogP contribution in [0.25, 0.3) is 0 Å². The number of nitrogens with zero attached hydrogens (tertiary/aromatic N) is 1. The molecule has 1 aliphatic carbocycles. The summed E-state index contributed by atoms with van der Waals surface area (Å²) in [7, 11) is 0. The molecule has 0 aliphatic heterocycles. The van der Waals surface area contributed by atoms with Crippen molar-refractivity contribution in [1.29, 1.82) is 0 Å². The molecule has 1 atom stereocenters. The van der Waals surface area contributed by atoms with Crippen molar-refractivity contribution in [3.8, 4) is 5.75 Å². The van der Waals surface area contributed by atoms with Crippen LogP contribution < -0.4 is 4.74 Å². The Morgan fingerprint density at radius 1 is 1.32 bits per heavy atom. The van der Waals surface area contributed by atoms with Gasteiger partial charge in [0.05, 0.1) is 11.8 Å². The quantitative estimate of drug-likeness (QED) is 0.917. The molecule has 3 rings (SSSR count). The molecule has 1 aromatic heterocycles. The lowest BCUT2D eigenvalue weighted by atomic mass is 10.1. The van der Waals surface area contributed by atoms with Crippen LogP contribution in [0.3, 0.4) is 0 Å². The molecule has 98 valence electrons. The zero-order chi connectivity index (χ0) is 13.2. The molecule has 0 radical (unpaired) electrons. The van der Waals surface area contributed by atoms with Gasteiger partial charge in [-0.1, -0.05) is 18.2 Å². The van der Waals surface area contributed by atoms with Crippen molar-refractivity contribution in [2.24, 2.45) is 0 Å². The largest absolute Gasteiger partial charge is 0.487 e. The fourth-order valence-corrected chi connectivity index (χ4v) is 2.55. The Bertz CT molecular complexity index is 595. The number of hydrogen-bond donors (Lipinski definition) is 1. The van der Waals surface area contributed by atoms with E-state index in [0.29, 0.717) is 6.61 Å². The van der Waals surface area contributed by atoms with Gasteiger partial charge in [-0.3, -0.25) is 4.98 Å². The van der Waals surface area contributed by atoms with Crippen LogP contribution in [0.5, 0.6) is 5.75 Å². The molecule has 1 heterocycles. The smallest absolute Gasteiger partial charge is 0.130 e. The van der Waals surface area contributed by atoms with E-state index < -0.39 is 0 Å². The summed E-state index contributed by atoms with van der Waals surface area (Å²) in [6.45, 7) is 2.50. The van der Waals surface area contributed by atoms with Crippen molar-refractivity contribution in [3.63, 3.8) is 0 Å². The molecule has 3 nitrogen and oxygen atoms in total. The third-order valence-electron chi connectivity index (χ3n) is 3.68. The van der Waals surface area contributed by atoms with Crippen molar-refractivity contribution >= 4 is 0 Å². The maximum Gasteiger partial charge on any atom is 0.130 e. The van der Waals surface area contributed by atoms with Gasteiger partial charge in [-0.05, 0) is 43.0 Å². The fraction of sp³-hybridized carbons (Fsp3) is 0.312. The lowest BCUT2D eigenvalue weighted by Gasteiger charge is -2.12. The van der Waals surface area contributed by atoms with Crippen molar-refractivity contribution in [2.45, 2.75) is 32.5 Å². The summed E-state index contributed by atoms with van der Waals surface area (Å²) >= 11 is 0. The zero-order valence-electron chi connectivity index (χ0n) is 11.0. The highest BCUT2D eigenvalue weighted by Crippen LogP contribution is 2.36. The van der Waals surface area contributed by atoms with Gasteiger partial charge in [-0.25, -0.2) is 0 Å².